The van der Waals surface area contributed by atoms with Crippen LogP contribution in [0.1, 0.15) is 23.7 Å². The van der Waals surface area contributed by atoms with Crippen molar-refractivity contribution in [3.05, 3.63) is 28.2 Å². The van der Waals surface area contributed by atoms with Crippen molar-refractivity contribution in [2.75, 3.05) is 13.6 Å². The fourth-order valence-corrected chi connectivity index (χ4v) is 2.33. The van der Waals surface area contributed by atoms with Gasteiger partial charge in [-0.15, -0.1) is 0 Å². The molecule has 0 radical (unpaired) electrons. The van der Waals surface area contributed by atoms with Crippen LogP contribution in [0.3, 0.4) is 0 Å². The van der Waals surface area contributed by atoms with Gasteiger partial charge in [-0.2, -0.15) is 0 Å². The Morgan fingerprint density at radius 2 is 2.24 bits per heavy atom. The molecule has 1 aromatic carbocycles. The quantitative estimate of drug-likeness (QED) is 0.932. The number of carbonyl (C=O) groups is 1. The summed E-state index contributed by atoms with van der Waals surface area (Å²) >= 11 is 3.30. The molecular weight excluding hydrogens is 282 g/mol. The number of rotatable bonds is 3. The lowest BCUT2D eigenvalue weighted by Gasteiger charge is -2.17. The Balaban J connectivity index is 2.10. The highest BCUT2D eigenvalue weighted by atomic mass is 79.9. The number of benzene rings is 1. The Morgan fingerprint density at radius 3 is 2.82 bits per heavy atom. The monoisotopic (exact) mass is 297 g/mol. The summed E-state index contributed by atoms with van der Waals surface area (Å²) in [6.45, 7) is 2.96. The fraction of sp³-hybridized carbons (Fsp3) is 0.462. The Kier molecular flexibility index (Phi) is 3.43. The minimum absolute atomic E-state index is 0.0360. The van der Waals surface area contributed by atoms with Gasteiger partial charge in [-0.25, -0.2) is 0 Å². The number of carbonyl (C=O) groups excluding carboxylic acids is 1. The third-order valence-corrected chi connectivity index (χ3v) is 3.81. The van der Waals surface area contributed by atoms with Gasteiger partial charge in [-0.3, -0.25) is 4.79 Å². The summed E-state index contributed by atoms with van der Waals surface area (Å²) in [5.41, 5.74) is 0.357. The number of nitrogens with zero attached hydrogens (tertiary/aromatic N) is 1. The standard InChI is InChI=1S/C13H16BrNO2/c1-8-5-9(8)7-15(2)13(17)11-6-10(14)3-4-12(11)16/h3-4,6,8-9,16H,5,7H2,1-2H3. The average Bonchev–Trinajstić information content (AvgIpc) is 2.96. The average molecular weight is 298 g/mol. The maximum Gasteiger partial charge on any atom is 0.257 e. The molecule has 3 nitrogen and oxygen atoms in total. The first-order valence-electron chi connectivity index (χ1n) is 5.73. The second kappa shape index (κ2) is 4.69. The molecule has 0 saturated heterocycles. The fourth-order valence-electron chi connectivity index (χ4n) is 1.97. The molecule has 92 valence electrons. The first-order valence-corrected chi connectivity index (χ1v) is 6.52. The molecule has 1 amide bonds. The molecule has 0 aliphatic heterocycles. The van der Waals surface area contributed by atoms with E-state index in [4.69, 9.17) is 0 Å². The predicted molar refractivity (Wildman–Crippen MR) is 70.0 cm³/mol. The number of phenolic OH excluding ortho intramolecular Hbond substituents is 1. The summed E-state index contributed by atoms with van der Waals surface area (Å²) in [5, 5.41) is 9.69. The minimum Gasteiger partial charge on any atom is -0.507 e. The van der Waals surface area contributed by atoms with E-state index < -0.39 is 0 Å². The van der Waals surface area contributed by atoms with Crippen LogP contribution in [0.2, 0.25) is 0 Å². The van der Waals surface area contributed by atoms with Crippen molar-refractivity contribution in [1.29, 1.82) is 0 Å². The zero-order valence-electron chi connectivity index (χ0n) is 9.98. The van der Waals surface area contributed by atoms with Gasteiger partial charge in [0, 0.05) is 18.1 Å². The lowest BCUT2D eigenvalue weighted by atomic mass is 10.1. The van der Waals surface area contributed by atoms with Crippen molar-refractivity contribution in [2.45, 2.75) is 13.3 Å². The van der Waals surface area contributed by atoms with E-state index in [0.717, 1.165) is 16.9 Å². The van der Waals surface area contributed by atoms with Gasteiger partial charge in [0.25, 0.3) is 5.91 Å². The third-order valence-electron chi connectivity index (χ3n) is 3.32. The second-order valence-electron chi connectivity index (χ2n) is 4.82. The normalized spacial score (nSPS) is 22.3. The molecule has 1 N–H and O–H groups in total. The number of phenols is 1. The Labute approximate surface area is 110 Å². The Hall–Kier alpha value is -1.03. The van der Waals surface area contributed by atoms with Crippen LogP contribution in [0.25, 0.3) is 0 Å². The minimum atomic E-state index is -0.122. The van der Waals surface area contributed by atoms with Crippen molar-refractivity contribution in [3.8, 4) is 5.75 Å². The van der Waals surface area contributed by atoms with Crippen molar-refractivity contribution in [1.82, 2.24) is 4.90 Å². The van der Waals surface area contributed by atoms with E-state index in [-0.39, 0.29) is 11.7 Å². The predicted octanol–water partition coefficient (Wildman–Crippen LogP) is 2.88. The van der Waals surface area contributed by atoms with E-state index in [9.17, 15) is 9.90 Å². The van der Waals surface area contributed by atoms with Crippen molar-refractivity contribution in [2.24, 2.45) is 11.8 Å². The van der Waals surface area contributed by atoms with Gasteiger partial charge in [-0.1, -0.05) is 22.9 Å². The lowest BCUT2D eigenvalue weighted by molar-refractivity contribution is 0.0784. The molecule has 2 unspecified atom stereocenters. The molecule has 1 aliphatic rings. The zero-order chi connectivity index (χ0) is 12.6. The van der Waals surface area contributed by atoms with E-state index in [1.807, 2.05) is 0 Å². The maximum absolute atomic E-state index is 12.1. The summed E-state index contributed by atoms with van der Waals surface area (Å²) in [7, 11) is 1.79. The molecule has 4 heteroatoms. The van der Waals surface area contributed by atoms with Crippen LogP contribution < -0.4 is 0 Å². The molecule has 17 heavy (non-hydrogen) atoms. The number of aromatic hydroxyl groups is 1. The van der Waals surface area contributed by atoms with Gasteiger partial charge < -0.3 is 10.0 Å². The molecule has 0 spiro atoms. The van der Waals surface area contributed by atoms with Crippen LogP contribution >= 0.6 is 15.9 Å². The van der Waals surface area contributed by atoms with Crippen LogP contribution in [0.5, 0.6) is 5.75 Å². The molecule has 1 aromatic rings. The largest absolute Gasteiger partial charge is 0.507 e. The highest BCUT2D eigenvalue weighted by Crippen LogP contribution is 2.38. The molecule has 0 aromatic heterocycles. The van der Waals surface area contributed by atoms with Crippen LogP contribution in [-0.4, -0.2) is 29.5 Å². The molecular formula is C13H16BrNO2. The summed E-state index contributed by atoms with van der Waals surface area (Å²) in [4.78, 5) is 13.8. The van der Waals surface area contributed by atoms with Crippen molar-refractivity contribution >= 4 is 21.8 Å². The number of amides is 1. The van der Waals surface area contributed by atoms with Crippen LogP contribution in [-0.2, 0) is 0 Å². The van der Waals surface area contributed by atoms with Gasteiger partial charge in [0.15, 0.2) is 0 Å². The van der Waals surface area contributed by atoms with E-state index in [0.29, 0.717) is 11.5 Å². The highest BCUT2D eigenvalue weighted by molar-refractivity contribution is 9.10. The maximum atomic E-state index is 12.1. The van der Waals surface area contributed by atoms with Crippen molar-refractivity contribution < 1.29 is 9.90 Å². The Morgan fingerprint density at radius 1 is 1.59 bits per heavy atom. The van der Waals surface area contributed by atoms with Gasteiger partial charge in [-0.05, 0) is 36.5 Å². The van der Waals surface area contributed by atoms with E-state index in [2.05, 4.69) is 22.9 Å². The number of hydrogen-bond donors (Lipinski definition) is 1. The lowest BCUT2D eigenvalue weighted by Crippen LogP contribution is -2.29. The van der Waals surface area contributed by atoms with Crippen LogP contribution in [0.15, 0.2) is 22.7 Å². The summed E-state index contributed by atoms with van der Waals surface area (Å²) in [6.07, 6.45) is 1.20. The number of halogens is 1. The zero-order valence-corrected chi connectivity index (χ0v) is 11.6. The topological polar surface area (TPSA) is 40.5 Å². The van der Waals surface area contributed by atoms with E-state index in [1.165, 1.54) is 12.5 Å². The van der Waals surface area contributed by atoms with E-state index >= 15 is 0 Å². The van der Waals surface area contributed by atoms with Gasteiger partial charge in [0.1, 0.15) is 5.75 Å². The van der Waals surface area contributed by atoms with E-state index in [1.54, 1.807) is 24.1 Å². The van der Waals surface area contributed by atoms with Crippen LogP contribution in [0.4, 0.5) is 0 Å². The Bertz CT molecular complexity index is 447. The molecule has 1 aliphatic carbocycles. The van der Waals surface area contributed by atoms with Gasteiger partial charge in [0.2, 0.25) is 0 Å². The molecule has 1 saturated carbocycles. The van der Waals surface area contributed by atoms with Gasteiger partial charge in [0.05, 0.1) is 5.56 Å². The third kappa shape index (κ3) is 2.80. The SMILES string of the molecule is CC1CC1CN(C)C(=O)c1cc(Br)ccc1O. The molecule has 0 bridgehead atoms. The summed E-state index contributed by atoms with van der Waals surface area (Å²) in [5.74, 6) is 1.26. The smallest absolute Gasteiger partial charge is 0.257 e. The molecule has 0 heterocycles. The van der Waals surface area contributed by atoms with Crippen molar-refractivity contribution in [3.63, 3.8) is 0 Å². The first-order chi connectivity index (χ1) is 7.99. The summed E-state index contributed by atoms with van der Waals surface area (Å²) in [6, 6.07) is 4.91. The molecule has 2 rings (SSSR count). The first kappa shape index (κ1) is 12.4. The molecule has 2 atom stereocenters. The number of hydrogen-bond acceptors (Lipinski definition) is 2. The van der Waals surface area contributed by atoms with Gasteiger partial charge >= 0.3 is 0 Å². The van der Waals surface area contributed by atoms with Crippen LogP contribution in [0, 0.1) is 11.8 Å². The summed E-state index contributed by atoms with van der Waals surface area (Å²) < 4.78 is 0.798. The highest BCUT2D eigenvalue weighted by Gasteiger charge is 2.34. The second-order valence-corrected chi connectivity index (χ2v) is 5.74. The molecule has 1 fully saturated rings.